The topological polar surface area (TPSA) is 68.3 Å². The van der Waals surface area contributed by atoms with E-state index in [2.05, 4.69) is 10.3 Å². The van der Waals surface area contributed by atoms with Crippen LogP contribution in [-0.4, -0.2) is 23.3 Å². The Hall–Kier alpha value is -2.21. The number of benzene rings is 1. The number of ketones is 1. The van der Waals surface area contributed by atoms with E-state index in [9.17, 15) is 9.59 Å². The van der Waals surface area contributed by atoms with Gasteiger partial charge in [-0.3, -0.25) is 14.9 Å². The molecule has 0 unspecified atom stereocenters. The summed E-state index contributed by atoms with van der Waals surface area (Å²) in [5.41, 5.74) is 1.15. The van der Waals surface area contributed by atoms with Crippen LogP contribution in [0.1, 0.15) is 46.0 Å². The molecule has 1 aromatic heterocycles. The molecule has 0 bridgehead atoms. The summed E-state index contributed by atoms with van der Waals surface area (Å²) in [6, 6.07) is 6.93. The first-order valence-electron chi connectivity index (χ1n) is 7.03. The molecular weight excluding hydrogens is 300 g/mol. The number of nitrogens with one attached hydrogen (secondary N) is 1. The van der Waals surface area contributed by atoms with Crippen LogP contribution in [0, 0.1) is 6.92 Å². The summed E-state index contributed by atoms with van der Waals surface area (Å²) in [5.74, 6) is 0.432. The van der Waals surface area contributed by atoms with E-state index in [1.165, 1.54) is 18.3 Å². The number of nitrogens with zero attached hydrogens (tertiary/aromatic N) is 1. The average molecular weight is 318 g/mol. The molecular formula is C16H18N2O3S. The lowest BCUT2D eigenvalue weighted by Crippen LogP contribution is -2.11. The van der Waals surface area contributed by atoms with Gasteiger partial charge in [0.25, 0.3) is 5.91 Å². The molecule has 2 rings (SSSR count). The van der Waals surface area contributed by atoms with Gasteiger partial charge in [-0.1, -0.05) is 18.3 Å². The van der Waals surface area contributed by atoms with E-state index in [1.54, 1.807) is 31.2 Å². The number of Topliss-reactive ketones (excluding diaryl/α,β-unsaturated/α-hetero) is 1. The van der Waals surface area contributed by atoms with Gasteiger partial charge in [0.15, 0.2) is 10.9 Å². The van der Waals surface area contributed by atoms with Crippen molar-refractivity contribution in [2.75, 3.05) is 11.9 Å². The summed E-state index contributed by atoms with van der Waals surface area (Å²) in [6.45, 7) is 5.93. The number of amides is 1. The first-order valence-corrected chi connectivity index (χ1v) is 7.85. The molecule has 0 atom stereocenters. The van der Waals surface area contributed by atoms with Crippen LogP contribution in [0.3, 0.4) is 0 Å². The molecule has 116 valence electrons. The minimum Gasteiger partial charge on any atom is -0.494 e. The highest BCUT2D eigenvalue weighted by atomic mass is 32.1. The normalized spacial score (nSPS) is 10.3. The second-order valence-corrected chi connectivity index (χ2v) is 5.82. The van der Waals surface area contributed by atoms with Crippen LogP contribution < -0.4 is 10.1 Å². The lowest BCUT2D eigenvalue weighted by molar-refractivity contribution is 0.101. The number of carbonyl (C=O) groups excluding carboxylic acids is 2. The number of thiazole rings is 1. The second-order valence-electron chi connectivity index (χ2n) is 4.82. The zero-order valence-corrected chi connectivity index (χ0v) is 13.6. The molecule has 0 saturated carbocycles. The number of aromatic nitrogens is 1. The van der Waals surface area contributed by atoms with Gasteiger partial charge in [-0.05, 0) is 37.6 Å². The summed E-state index contributed by atoms with van der Waals surface area (Å²) < 4.78 is 5.47. The number of hydrogen-bond acceptors (Lipinski definition) is 5. The van der Waals surface area contributed by atoms with Gasteiger partial charge in [0.1, 0.15) is 5.75 Å². The van der Waals surface area contributed by atoms with Gasteiger partial charge in [0, 0.05) is 12.5 Å². The summed E-state index contributed by atoms with van der Waals surface area (Å²) in [7, 11) is 0. The molecule has 1 heterocycles. The Morgan fingerprint density at radius 2 is 1.95 bits per heavy atom. The molecule has 0 saturated heterocycles. The van der Waals surface area contributed by atoms with E-state index >= 15 is 0 Å². The van der Waals surface area contributed by atoms with E-state index < -0.39 is 0 Å². The van der Waals surface area contributed by atoms with Crippen LogP contribution in [0.2, 0.25) is 0 Å². The number of rotatable bonds is 6. The SMILES string of the molecule is CCCOc1ccc(C(=O)Nc2nc(C)c(C(C)=O)s2)cc1. The summed E-state index contributed by atoms with van der Waals surface area (Å²) in [6.07, 6.45) is 0.935. The van der Waals surface area contributed by atoms with Gasteiger partial charge in [-0.2, -0.15) is 0 Å². The fraction of sp³-hybridized carbons (Fsp3) is 0.312. The Balaban J connectivity index is 2.05. The molecule has 1 N–H and O–H groups in total. The smallest absolute Gasteiger partial charge is 0.257 e. The summed E-state index contributed by atoms with van der Waals surface area (Å²) in [5, 5.41) is 3.14. The third-order valence-electron chi connectivity index (χ3n) is 2.93. The van der Waals surface area contributed by atoms with Gasteiger partial charge in [-0.25, -0.2) is 4.98 Å². The molecule has 0 radical (unpaired) electrons. The highest BCUT2D eigenvalue weighted by Gasteiger charge is 2.14. The molecule has 0 aliphatic rings. The molecule has 0 fully saturated rings. The van der Waals surface area contributed by atoms with Crippen molar-refractivity contribution in [3.63, 3.8) is 0 Å². The quantitative estimate of drug-likeness (QED) is 0.825. The average Bonchev–Trinajstić information content (AvgIpc) is 2.86. The molecule has 5 nitrogen and oxygen atoms in total. The van der Waals surface area contributed by atoms with E-state index in [1.807, 2.05) is 6.92 Å². The van der Waals surface area contributed by atoms with Gasteiger partial charge in [0.2, 0.25) is 0 Å². The third-order valence-corrected chi connectivity index (χ3v) is 4.10. The molecule has 1 amide bonds. The highest BCUT2D eigenvalue weighted by Crippen LogP contribution is 2.23. The van der Waals surface area contributed by atoms with Crippen molar-refractivity contribution in [2.24, 2.45) is 0 Å². The van der Waals surface area contributed by atoms with E-state index in [4.69, 9.17) is 4.74 Å². The van der Waals surface area contributed by atoms with Gasteiger partial charge < -0.3 is 4.74 Å². The Kier molecular flexibility index (Phi) is 5.27. The zero-order valence-electron chi connectivity index (χ0n) is 12.8. The second kappa shape index (κ2) is 7.17. The number of hydrogen-bond donors (Lipinski definition) is 1. The standard InChI is InChI=1S/C16H18N2O3S/c1-4-9-21-13-7-5-12(6-8-13)15(20)18-16-17-10(2)14(22-16)11(3)19/h5-8H,4,9H2,1-3H3,(H,17,18,20). The van der Waals surface area contributed by atoms with Crippen molar-refractivity contribution in [1.29, 1.82) is 0 Å². The molecule has 0 aliphatic carbocycles. The largest absolute Gasteiger partial charge is 0.494 e. The molecule has 1 aromatic carbocycles. The lowest BCUT2D eigenvalue weighted by atomic mass is 10.2. The third kappa shape index (κ3) is 3.92. The van der Waals surface area contributed by atoms with Crippen molar-refractivity contribution >= 4 is 28.2 Å². The predicted molar refractivity (Wildman–Crippen MR) is 87.0 cm³/mol. The minimum absolute atomic E-state index is 0.0482. The van der Waals surface area contributed by atoms with Crippen LogP contribution >= 0.6 is 11.3 Å². The van der Waals surface area contributed by atoms with Crippen molar-refractivity contribution in [3.05, 3.63) is 40.4 Å². The van der Waals surface area contributed by atoms with Gasteiger partial charge >= 0.3 is 0 Å². The summed E-state index contributed by atoms with van der Waals surface area (Å²) >= 11 is 1.19. The van der Waals surface area contributed by atoms with Crippen LogP contribution in [0.5, 0.6) is 5.75 Å². The number of aryl methyl sites for hydroxylation is 1. The van der Waals surface area contributed by atoms with E-state index in [-0.39, 0.29) is 11.7 Å². The molecule has 6 heteroatoms. The van der Waals surface area contributed by atoms with Crippen LogP contribution in [0.25, 0.3) is 0 Å². The van der Waals surface area contributed by atoms with Crippen molar-refractivity contribution < 1.29 is 14.3 Å². The van der Waals surface area contributed by atoms with Crippen molar-refractivity contribution in [3.8, 4) is 5.75 Å². The number of ether oxygens (including phenoxy) is 1. The van der Waals surface area contributed by atoms with Crippen LogP contribution in [0.15, 0.2) is 24.3 Å². The summed E-state index contributed by atoms with van der Waals surface area (Å²) in [4.78, 5) is 28.3. The zero-order chi connectivity index (χ0) is 16.1. The fourth-order valence-electron chi connectivity index (χ4n) is 1.87. The van der Waals surface area contributed by atoms with Crippen molar-refractivity contribution in [1.82, 2.24) is 4.98 Å². The molecule has 0 spiro atoms. The van der Waals surface area contributed by atoms with Gasteiger partial charge in [-0.15, -0.1) is 0 Å². The molecule has 2 aromatic rings. The van der Waals surface area contributed by atoms with E-state index in [0.29, 0.717) is 27.9 Å². The lowest BCUT2D eigenvalue weighted by Gasteiger charge is -2.05. The number of carbonyl (C=O) groups is 2. The maximum atomic E-state index is 12.2. The fourth-order valence-corrected chi connectivity index (χ4v) is 2.72. The van der Waals surface area contributed by atoms with Crippen LogP contribution in [0.4, 0.5) is 5.13 Å². The Bertz CT molecular complexity index is 677. The first kappa shape index (κ1) is 16.2. The Labute approximate surface area is 133 Å². The first-order chi connectivity index (χ1) is 10.5. The predicted octanol–water partition coefficient (Wildman–Crippen LogP) is 3.70. The van der Waals surface area contributed by atoms with E-state index in [0.717, 1.165) is 12.2 Å². The minimum atomic E-state index is -0.258. The molecule has 0 aliphatic heterocycles. The monoisotopic (exact) mass is 318 g/mol. The maximum absolute atomic E-state index is 12.2. The number of anilines is 1. The van der Waals surface area contributed by atoms with Crippen LogP contribution in [-0.2, 0) is 0 Å². The maximum Gasteiger partial charge on any atom is 0.257 e. The Morgan fingerprint density at radius 3 is 2.50 bits per heavy atom. The highest BCUT2D eigenvalue weighted by molar-refractivity contribution is 7.17. The Morgan fingerprint density at radius 1 is 1.27 bits per heavy atom. The van der Waals surface area contributed by atoms with Crippen molar-refractivity contribution in [2.45, 2.75) is 27.2 Å². The van der Waals surface area contributed by atoms with Gasteiger partial charge in [0.05, 0.1) is 17.2 Å². The molecule has 22 heavy (non-hydrogen) atoms.